The minimum Gasteiger partial charge on any atom is -0.481 e. The number of rotatable bonds is 6. The molecule has 0 radical (unpaired) electrons. The molecule has 1 saturated carbocycles. The third-order valence-electron chi connectivity index (χ3n) is 4.89. The lowest BCUT2D eigenvalue weighted by atomic mass is 9.61. The van der Waals surface area contributed by atoms with Crippen molar-refractivity contribution < 1.29 is 9.90 Å². The van der Waals surface area contributed by atoms with E-state index in [2.05, 4.69) is 20.8 Å². The lowest BCUT2D eigenvalue weighted by Gasteiger charge is -2.42. The third-order valence-corrected chi connectivity index (χ3v) is 4.89. The largest absolute Gasteiger partial charge is 0.481 e. The molecule has 1 aliphatic rings. The molecule has 0 aromatic rings. The molecule has 100 valence electrons. The Hall–Kier alpha value is -0.530. The summed E-state index contributed by atoms with van der Waals surface area (Å²) in [5, 5.41) is 9.64. The lowest BCUT2D eigenvalue weighted by Crippen LogP contribution is -2.41. The molecule has 1 aliphatic carbocycles. The van der Waals surface area contributed by atoms with Gasteiger partial charge < -0.3 is 5.11 Å². The summed E-state index contributed by atoms with van der Waals surface area (Å²) in [6, 6.07) is 0. The van der Waals surface area contributed by atoms with Crippen LogP contribution in [0.5, 0.6) is 0 Å². The molecule has 0 amide bonds. The zero-order chi connectivity index (χ0) is 12.9. The molecule has 2 nitrogen and oxygen atoms in total. The number of hydrogen-bond acceptors (Lipinski definition) is 1. The van der Waals surface area contributed by atoms with Crippen LogP contribution in [0.4, 0.5) is 0 Å². The second-order valence-electron chi connectivity index (χ2n) is 5.71. The van der Waals surface area contributed by atoms with Gasteiger partial charge in [0.2, 0.25) is 0 Å². The van der Waals surface area contributed by atoms with E-state index in [1.807, 2.05) is 0 Å². The summed E-state index contributed by atoms with van der Waals surface area (Å²) in [6.07, 6.45) is 8.56. The van der Waals surface area contributed by atoms with Crippen LogP contribution in [0.1, 0.15) is 72.1 Å². The quantitative estimate of drug-likeness (QED) is 0.743. The van der Waals surface area contributed by atoms with E-state index in [1.54, 1.807) is 0 Å². The second-order valence-corrected chi connectivity index (χ2v) is 5.71. The Balaban J connectivity index is 2.73. The normalized spacial score (nSPS) is 29.5. The fourth-order valence-electron chi connectivity index (χ4n) is 3.76. The SMILES string of the molecule is CCCC1CCC(C(=O)O)(C(CC)CC)CC1. The predicted molar refractivity (Wildman–Crippen MR) is 71.0 cm³/mol. The van der Waals surface area contributed by atoms with Gasteiger partial charge in [-0.25, -0.2) is 0 Å². The van der Waals surface area contributed by atoms with Crippen LogP contribution in [0, 0.1) is 17.3 Å². The first-order valence-electron chi connectivity index (χ1n) is 7.34. The zero-order valence-corrected chi connectivity index (χ0v) is 11.7. The van der Waals surface area contributed by atoms with Crippen molar-refractivity contribution in [2.24, 2.45) is 17.3 Å². The molecule has 0 saturated heterocycles. The first kappa shape index (κ1) is 14.5. The molecule has 17 heavy (non-hydrogen) atoms. The van der Waals surface area contributed by atoms with Crippen LogP contribution in [-0.4, -0.2) is 11.1 Å². The van der Waals surface area contributed by atoms with Gasteiger partial charge in [-0.15, -0.1) is 0 Å². The summed E-state index contributed by atoms with van der Waals surface area (Å²) in [6.45, 7) is 6.49. The smallest absolute Gasteiger partial charge is 0.309 e. The summed E-state index contributed by atoms with van der Waals surface area (Å²) in [5.74, 6) is 0.602. The van der Waals surface area contributed by atoms with Gasteiger partial charge >= 0.3 is 5.97 Å². The van der Waals surface area contributed by atoms with Gasteiger partial charge in [0.1, 0.15) is 0 Å². The summed E-state index contributed by atoms with van der Waals surface area (Å²) in [7, 11) is 0. The van der Waals surface area contributed by atoms with Gasteiger partial charge in [-0.3, -0.25) is 4.79 Å². The van der Waals surface area contributed by atoms with Gasteiger partial charge in [0.25, 0.3) is 0 Å². The maximum atomic E-state index is 11.7. The van der Waals surface area contributed by atoms with E-state index in [0.717, 1.165) is 44.4 Å². The molecule has 1 fully saturated rings. The van der Waals surface area contributed by atoms with Crippen LogP contribution in [-0.2, 0) is 4.79 Å². The van der Waals surface area contributed by atoms with E-state index in [0.29, 0.717) is 5.92 Å². The van der Waals surface area contributed by atoms with E-state index in [-0.39, 0.29) is 0 Å². The fourth-order valence-corrected chi connectivity index (χ4v) is 3.76. The van der Waals surface area contributed by atoms with Gasteiger partial charge in [0, 0.05) is 0 Å². The zero-order valence-electron chi connectivity index (χ0n) is 11.7. The van der Waals surface area contributed by atoms with Crippen molar-refractivity contribution in [2.45, 2.75) is 72.1 Å². The maximum Gasteiger partial charge on any atom is 0.309 e. The molecule has 0 heterocycles. The van der Waals surface area contributed by atoms with Crippen molar-refractivity contribution in [1.82, 2.24) is 0 Å². The Morgan fingerprint density at radius 3 is 2.12 bits per heavy atom. The van der Waals surface area contributed by atoms with Crippen LogP contribution in [0.25, 0.3) is 0 Å². The first-order chi connectivity index (χ1) is 8.10. The fraction of sp³-hybridized carbons (Fsp3) is 0.933. The summed E-state index contributed by atoms with van der Waals surface area (Å²) >= 11 is 0. The Labute approximate surface area is 106 Å². The molecular formula is C15H28O2. The van der Waals surface area contributed by atoms with Gasteiger partial charge in [0.15, 0.2) is 0 Å². The predicted octanol–water partition coefficient (Wildman–Crippen LogP) is 4.48. The molecule has 0 aromatic carbocycles. The standard InChI is InChI=1S/C15H28O2/c1-4-7-12-8-10-15(11-9-12,14(16)17)13(5-2)6-3/h12-13H,4-11H2,1-3H3,(H,16,17). The minimum atomic E-state index is -0.541. The monoisotopic (exact) mass is 240 g/mol. The lowest BCUT2D eigenvalue weighted by molar-refractivity contribution is -0.156. The molecular weight excluding hydrogens is 212 g/mol. The molecule has 0 aliphatic heterocycles. The van der Waals surface area contributed by atoms with Gasteiger partial charge in [0.05, 0.1) is 5.41 Å². The number of carbonyl (C=O) groups is 1. The number of hydrogen-bond donors (Lipinski definition) is 1. The molecule has 1 rings (SSSR count). The van der Waals surface area contributed by atoms with E-state index < -0.39 is 11.4 Å². The van der Waals surface area contributed by atoms with Gasteiger partial charge in [-0.05, 0) is 37.5 Å². The van der Waals surface area contributed by atoms with Crippen LogP contribution in [0.2, 0.25) is 0 Å². The topological polar surface area (TPSA) is 37.3 Å². The molecule has 0 unspecified atom stereocenters. The van der Waals surface area contributed by atoms with Gasteiger partial charge in [-0.2, -0.15) is 0 Å². The average molecular weight is 240 g/mol. The highest BCUT2D eigenvalue weighted by Crippen LogP contribution is 2.48. The summed E-state index contributed by atoms with van der Waals surface area (Å²) < 4.78 is 0. The first-order valence-corrected chi connectivity index (χ1v) is 7.34. The molecule has 0 aromatic heterocycles. The Bertz CT molecular complexity index is 235. The second kappa shape index (κ2) is 6.42. The number of carboxylic acids is 1. The number of carboxylic acid groups (broad SMARTS) is 1. The highest BCUT2D eigenvalue weighted by molar-refractivity contribution is 5.75. The molecule has 2 heteroatoms. The van der Waals surface area contributed by atoms with E-state index in [9.17, 15) is 9.90 Å². The van der Waals surface area contributed by atoms with Crippen LogP contribution in [0.15, 0.2) is 0 Å². The molecule has 1 N–H and O–H groups in total. The van der Waals surface area contributed by atoms with Gasteiger partial charge in [-0.1, -0.05) is 46.5 Å². The van der Waals surface area contributed by atoms with Crippen molar-refractivity contribution in [3.05, 3.63) is 0 Å². The van der Waals surface area contributed by atoms with Crippen LogP contribution >= 0.6 is 0 Å². The van der Waals surface area contributed by atoms with E-state index >= 15 is 0 Å². The Morgan fingerprint density at radius 2 is 1.76 bits per heavy atom. The summed E-state index contributed by atoms with van der Waals surface area (Å²) in [4.78, 5) is 11.7. The van der Waals surface area contributed by atoms with Crippen molar-refractivity contribution in [3.63, 3.8) is 0 Å². The summed E-state index contributed by atoms with van der Waals surface area (Å²) in [5.41, 5.74) is -0.409. The highest BCUT2D eigenvalue weighted by atomic mass is 16.4. The molecule has 0 bridgehead atoms. The van der Waals surface area contributed by atoms with Crippen molar-refractivity contribution in [2.75, 3.05) is 0 Å². The van der Waals surface area contributed by atoms with Crippen molar-refractivity contribution in [1.29, 1.82) is 0 Å². The molecule has 0 atom stereocenters. The highest BCUT2D eigenvalue weighted by Gasteiger charge is 2.46. The Kier molecular flexibility index (Phi) is 5.48. The van der Waals surface area contributed by atoms with E-state index in [1.165, 1.54) is 12.8 Å². The van der Waals surface area contributed by atoms with Crippen molar-refractivity contribution in [3.8, 4) is 0 Å². The Morgan fingerprint density at radius 1 is 1.24 bits per heavy atom. The van der Waals surface area contributed by atoms with Crippen LogP contribution in [0.3, 0.4) is 0 Å². The van der Waals surface area contributed by atoms with Crippen LogP contribution < -0.4 is 0 Å². The minimum absolute atomic E-state index is 0.363. The van der Waals surface area contributed by atoms with E-state index in [4.69, 9.17) is 0 Å². The third kappa shape index (κ3) is 3.02. The van der Waals surface area contributed by atoms with Crippen molar-refractivity contribution >= 4 is 5.97 Å². The maximum absolute atomic E-state index is 11.7. The number of aliphatic carboxylic acids is 1. The molecule has 0 spiro atoms. The average Bonchev–Trinajstić information content (AvgIpc) is 2.33.